The van der Waals surface area contributed by atoms with Crippen LogP contribution in [0.5, 0.6) is 0 Å². The quantitative estimate of drug-likeness (QED) is 0.311. The van der Waals surface area contributed by atoms with Crippen LogP contribution in [0.3, 0.4) is 0 Å². The molecule has 25 heavy (non-hydrogen) atoms. The number of hydrogen-bond acceptors (Lipinski definition) is 7. The van der Waals surface area contributed by atoms with Crippen molar-refractivity contribution in [3.63, 3.8) is 0 Å². The molecule has 0 spiro atoms. The lowest BCUT2D eigenvalue weighted by Gasteiger charge is -2.21. The second kappa shape index (κ2) is 9.28. The number of nitro benzene ring substituents is 1. The Hall–Kier alpha value is -2.26. The van der Waals surface area contributed by atoms with Gasteiger partial charge < -0.3 is 9.84 Å². The molecule has 0 unspecified atom stereocenters. The zero-order valence-corrected chi connectivity index (χ0v) is 14.9. The maximum Gasteiger partial charge on any atom is 0.506 e. The number of non-ortho nitro benzene ring substituents is 1. The van der Waals surface area contributed by atoms with Gasteiger partial charge >= 0.3 is 6.16 Å². The number of carbonyl (C=O) groups is 1. The number of nitrogens with zero attached hydrogens (tertiary/aromatic N) is 2. The molecule has 0 radical (unpaired) electrons. The lowest BCUT2D eigenvalue weighted by atomic mass is 10.1. The Morgan fingerprint density at radius 2 is 2.04 bits per heavy atom. The average molecular weight is 380 g/mol. The number of carboxylic acid groups (broad SMARTS) is 1. The Balaban J connectivity index is 2.07. The van der Waals surface area contributed by atoms with E-state index in [0.29, 0.717) is 6.42 Å². The molecule has 0 bridgehead atoms. The van der Waals surface area contributed by atoms with Gasteiger partial charge in [-0.25, -0.2) is 9.78 Å². The first-order chi connectivity index (χ1) is 12.0. The van der Waals surface area contributed by atoms with Crippen molar-refractivity contribution in [3.8, 4) is 0 Å². The number of benzene rings is 1. The summed E-state index contributed by atoms with van der Waals surface area (Å²) in [5.41, 5.74) is 0.885. The molecule has 132 valence electrons. The van der Waals surface area contributed by atoms with Crippen LogP contribution in [0, 0.1) is 10.1 Å². The van der Waals surface area contributed by atoms with Crippen LogP contribution in [-0.2, 0) is 11.2 Å². The summed E-state index contributed by atoms with van der Waals surface area (Å²) in [6.07, 6.45) is 0.320. The molecule has 0 saturated heterocycles. The zero-order chi connectivity index (χ0) is 18.2. The van der Waals surface area contributed by atoms with Gasteiger partial charge in [0.25, 0.3) is 5.69 Å². The van der Waals surface area contributed by atoms with Crippen LogP contribution in [0.15, 0.2) is 53.7 Å². The Bertz CT molecular complexity index is 712. The van der Waals surface area contributed by atoms with Crippen molar-refractivity contribution in [1.82, 2.24) is 4.98 Å². The highest BCUT2D eigenvalue weighted by Gasteiger charge is 2.23. The van der Waals surface area contributed by atoms with Crippen molar-refractivity contribution < 1.29 is 19.6 Å². The van der Waals surface area contributed by atoms with Crippen LogP contribution in [-0.4, -0.2) is 32.5 Å². The van der Waals surface area contributed by atoms with E-state index in [-0.39, 0.29) is 10.9 Å². The van der Waals surface area contributed by atoms with E-state index in [0.717, 1.165) is 10.6 Å². The van der Waals surface area contributed by atoms with E-state index in [2.05, 4.69) is 4.98 Å². The molecule has 0 fully saturated rings. The van der Waals surface area contributed by atoms with Crippen molar-refractivity contribution in [1.29, 1.82) is 0 Å². The molecule has 2 aromatic rings. The van der Waals surface area contributed by atoms with Crippen LogP contribution in [0.25, 0.3) is 0 Å². The Morgan fingerprint density at radius 3 is 2.60 bits per heavy atom. The molecule has 7 nitrogen and oxygen atoms in total. The van der Waals surface area contributed by atoms with Crippen molar-refractivity contribution >= 4 is 33.4 Å². The molecule has 1 aromatic heterocycles. The highest BCUT2D eigenvalue weighted by atomic mass is 33.1. The monoisotopic (exact) mass is 380 g/mol. The lowest BCUT2D eigenvalue weighted by Crippen LogP contribution is -2.27. The Kier molecular flexibility index (Phi) is 7.08. The summed E-state index contributed by atoms with van der Waals surface area (Å²) >= 11 is 0. The number of hydrogen-bond donors (Lipinski definition) is 1. The van der Waals surface area contributed by atoms with Crippen LogP contribution in [0.1, 0.15) is 12.5 Å². The largest absolute Gasteiger partial charge is 0.506 e. The third-order valence-electron chi connectivity index (χ3n) is 3.29. The SMILES string of the molecule is C[C@H](OC(=O)O)[C@H](Cc1ccc([N+](=O)[O-])cc1)SSc1ccccn1. The predicted molar refractivity (Wildman–Crippen MR) is 96.8 cm³/mol. The molecule has 9 heteroatoms. The summed E-state index contributed by atoms with van der Waals surface area (Å²) in [5, 5.41) is 20.2. The van der Waals surface area contributed by atoms with Crippen LogP contribution in [0.4, 0.5) is 10.5 Å². The van der Waals surface area contributed by atoms with Gasteiger partial charge in [0.05, 0.1) is 10.2 Å². The molecule has 0 saturated carbocycles. The second-order valence-electron chi connectivity index (χ2n) is 5.10. The van der Waals surface area contributed by atoms with E-state index in [1.807, 2.05) is 18.2 Å². The molecular weight excluding hydrogens is 364 g/mol. The van der Waals surface area contributed by atoms with E-state index in [1.165, 1.54) is 33.7 Å². The molecule has 0 aliphatic heterocycles. The minimum absolute atomic E-state index is 0.0191. The van der Waals surface area contributed by atoms with Gasteiger partial charge in [-0.1, -0.05) is 29.0 Å². The molecule has 2 atom stereocenters. The average Bonchev–Trinajstić information content (AvgIpc) is 2.59. The van der Waals surface area contributed by atoms with E-state index in [1.54, 1.807) is 25.3 Å². The Morgan fingerprint density at radius 1 is 1.32 bits per heavy atom. The first kappa shape index (κ1) is 19.1. The summed E-state index contributed by atoms with van der Waals surface area (Å²) in [4.78, 5) is 25.3. The number of nitro groups is 1. The lowest BCUT2D eigenvalue weighted by molar-refractivity contribution is -0.384. The van der Waals surface area contributed by atoms with Gasteiger partial charge in [-0.05, 0) is 41.8 Å². The van der Waals surface area contributed by atoms with Gasteiger partial charge in [-0.3, -0.25) is 10.1 Å². The molecule has 2 rings (SSSR count). The summed E-state index contributed by atoms with van der Waals surface area (Å²) < 4.78 is 4.89. The maximum atomic E-state index is 10.8. The third kappa shape index (κ3) is 6.28. The van der Waals surface area contributed by atoms with Gasteiger partial charge in [-0.15, -0.1) is 0 Å². The predicted octanol–water partition coefficient (Wildman–Crippen LogP) is 4.42. The normalized spacial score (nSPS) is 13.0. The second-order valence-corrected chi connectivity index (χ2v) is 7.56. The minimum Gasteiger partial charge on any atom is -0.450 e. The van der Waals surface area contributed by atoms with E-state index in [4.69, 9.17) is 9.84 Å². The molecule has 0 aliphatic rings. The molecule has 1 heterocycles. The van der Waals surface area contributed by atoms with E-state index in [9.17, 15) is 14.9 Å². The van der Waals surface area contributed by atoms with Gasteiger partial charge in [0.2, 0.25) is 0 Å². The molecular formula is C16H16N2O5S2. The highest BCUT2D eigenvalue weighted by Crippen LogP contribution is 2.36. The number of pyridine rings is 1. The van der Waals surface area contributed by atoms with Crippen LogP contribution < -0.4 is 0 Å². The third-order valence-corrected chi connectivity index (χ3v) is 6.14. The number of ether oxygens (including phenoxy) is 1. The van der Waals surface area contributed by atoms with Gasteiger partial charge in [0.1, 0.15) is 11.1 Å². The van der Waals surface area contributed by atoms with Gasteiger partial charge in [0.15, 0.2) is 0 Å². The molecule has 1 aromatic carbocycles. The van der Waals surface area contributed by atoms with Crippen LogP contribution in [0.2, 0.25) is 0 Å². The zero-order valence-electron chi connectivity index (χ0n) is 13.3. The topological polar surface area (TPSA) is 103 Å². The first-order valence-electron chi connectivity index (χ1n) is 7.33. The molecule has 1 N–H and O–H groups in total. The molecule has 0 amide bonds. The Labute approximate surface area is 152 Å². The van der Waals surface area contributed by atoms with Crippen molar-refractivity contribution in [2.45, 2.75) is 29.7 Å². The van der Waals surface area contributed by atoms with Crippen molar-refractivity contribution in [3.05, 3.63) is 64.3 Å². The van der Waals surface area contributed by atoms with Gasteiger partial charge in [0, 0.05) is 18.3 Å². The molecule has 0 aliphatic carbocycles. The highest BCUT2D eigenvalue weighted by molar-refractivity contribution is 8.76. The van der Waals surface area contributed by atoms with Crippen LogP contribution >= 0.6 is 21.6 Å². The fourth-order valence-corrected chi connectivity index (χ4v) is 4.58. The fourth-order valence-electron chi connectivity index (χ4n) is 2.01. The van der Waals surface area contributed by atoms with E-state index >= 15 is 0 Å². The summed E-state index contributed by atoms with van der Waals surface area (Å²) in [7, 11) is 2.90. The number of rotatable bonds is 8. The standard InChI is InChI=1S/C16H16N2O5S2/c1-11(23-16(19)20)14(24-25-15-4-2-3-9-17-15)10-12-5-7-13(8-6-12)18(21)22/h2-9,11,14H,10H2,1H3,(H,19,20)/t11-,14-/m0/s1. The first-order valence-corrected chi connectivity index (χ1v) is 9.54. The summed E-state index contributed by atoms with van der Waals surface area (Å²) in [6, 6.07) is 11.8. The fraction of sp³-hybridized carbons (Fsp3) is 0.250. The smallest absolute Gasteiger partial charge is 0.450 e. The summed E-state index contributed by atoms with van der Waals surface area (Å²) in [6.45, 7) is 1.69. The van der Waals surface area contributed by atoms with Crippen molar-refractivity contribution in [2.75, 3.05) is 0 Å². The van der Waals surface area contributed by atoms with E-state index < -0.39 is 17.2 Å². The van der Waals surface area contributed by atoms with Gasteiger partial charge in [-0.2, -0.15) is 0 Å². The van der Waals surface area contributed by atoms with Crippen molar-refractivity contribution in [2.24, 2.45) is 0 Å². The minimum atomic E-state index is -1.33. The maximum absolute atomic E-state index is 10.8. The number of aromatic nitrogens is 1. The summed E-state index contributed by atoms with van der Waals surface area (Å²) in [5.74, 6) is 0.